The molecule has 6 nitrogen and oxygen atoms in total. The molecule has 1 aromatic rings. The van der Waals surface area contributed by atoms with E-state index in [2.05, 4.69) is 5.32 Å². The summed E-state index contributed by atoms with van der Waals surface area (Å²) in [4.78, 5) is 11.0. The Balaban J connectivity index is 2.25. The van der Waals surface area contributed by atoms with Crippen LogP contribution in [0.25, 0.3) is 0 Å². The van der Waals surface area contributed by atoms with Crippen LogP contribution in [0, 0.1) is 11.3 Å². The highest BCUT2D eigenvalue weighted by atomic mass is 16.7. The van der Waals surface area contributed by atoms with E-state index in [1.165, 1.54) is 0 Å². The van der Waals surface area contributed by atoms with Gasteiger partial charge in [-0.1, -0.05) is 0 Å². The molecule has 1 amide bonds. The van der Waals surface area contributed by atoms with E-state index in [0.29, 0.717) is 22.9 Å². The lowest BCUT2D eigenvalue weighted by Crippen LogP contribution is -2.16. The fraction of sp³-hybridized carbons (Fsp3) is 0.167. The molecule has 0 radical (unpaired) electrons. The number of anilines is 1. The van der Waals surface area contributed by atoms with Gasteiger partial charge in [0.15, 0.2) is 11.5 Å². The lowest BCUT2D eigenvalue weighted by atomic mass is 10.2. The number of amides is 1. The summed E-state index contributed by atoms with van der Waals surface area (Å²) in [5, 5.41) is 11.7. The van der Waals surface area contributed by atoms with Crippen molar-refractivity contribution in [2.75, 3.05) is 12.1 Å². The van der Waals surface area contributed by atoms with Crippen LogP contribution in [0.15, 0.2) is 29.5 Å². The number of nitrogens with zero attached hydrogens (tertiary/aromatic N) is 1. The molecule has 1 aliphatic heterocycles. The van der Waals surface area contributed by atoms with Crippen LogP contribution in [-0.2, 0) is 4.79 Å². The summed E-state index contributed by atoms with van der Waals surface area (Å²) in [6.07, 6.45) is 0. The van der Waals surface area contributed by atoms with Gasteiger partial charge in [-0.25, -0.2) is 0 Å². The van der Waals surface area contributed by atoms with Crippen LogP contribution in [-0.4, -0.2) is 12.7 Å². The van der Waals surface area contributed by atoms with Gasteiger partial charge >= 0.3 is 0 Å². The van der Waals surface area contributed by atoms with E-state index in [9.17, 15) is 4.79 Å². The fourth-order valence-electron chi connectivity index (χ4n) is 1.58. The van der Waals surface area contributed by atoms with E-state index in [4.69, 9.17) is 20.5 Å². The number of allylic oxidation sites excluding steroid dienone is 1. The van der Waals surface area contributed by atoms with Crippen molar-refractivity contribution >= 4 is 11.6 Å². The number of primary amides is 1. The van der Waals surface area contributed by atoms with Crippen molar-refractivity contribution in [2.24, 2.45) is 5.73 Å². The molecule has 0 aliphatic carbocycles. The Hall–Kier alpha value is -2.68. The Morgan fingerprint density at radius 3 is 2.83 bits per heavy atom. The summed E-state index contributed by atoms with van der Waals surface area (Å²) in [7, 11) is 0. The average molecular weight is 245 g/mol. The SMILES string of the molecule is CC(Nc1ccc2c(c1)OCO2)=C(C#N)C(N)=O. The van der Waals surface area contributed by atoms with E-state index in [0.717, 1.165) is 0 Å². The molecule has 0 bridgehead atoms. The van der Waals surface area contributed by atoms with E-state index in [1.54, 1.807) is 31.2 Å². The van der Waals surface area contributed by atoms with Crippen molar-refractivity contribution in [1.29, 1.82) is 5.26 Å². The minimum Gasteiger partial charge on any atom is -0.454 e. The predicted octanol–water partition coefficient (Wildman–Crippen LogP) is 1.11. The first-order chi connectivity index (χ1) is 8.61. The van der Waals surface area contributed by atoms with Gasteiger partial charge in [-0.15, -0.1) is 0 Å². The van der Waals surface area contributed by atoms with Crippen molar-refractivity contribution < 1.29 is 14.3 Å². The number of benzene rings is 1. The first-order valence-electron chi connectivity index (χ1n) is 5.19. The largest absolute Gasteiger partial charge is 0.454 e. The molecule has 6 heteroatoms. The van der Waals surface area contributed by atoms with Gasteiger partial charge in [0.25, 0.3) is 5.91 Å². The quantitative estimate of drug-likeness (QED) is 0.614. The van der Waals surface area contributed by atoms with Crippen LogP contribution >= 0.6 is 0 Å². The standard InChI is InChI=1S/C12H11N3O3/c1-7(9(5-13)12(14)16)15-8-2-3-10-11(4-8)18-6-17-10/h2-4,15H,6H2,1H3,(H2,14,16). The monoisotopic (exact) mass is 245 g/mol. The van der Waals surface area contributed by atoms with Crippen molar-refractivity contribution in [2.45, 2.75) is 6.92 Å². The maximum absolute atomic E-state index is 11.0. The molecule has 0 atom stereocenters. The van der Waals surface area contributed by atoms with E-state index >= 15 is 0 Å². The zero-order chi connectivity index (χ0) is 13.1. The van der Waals surface area contributed by atoms with Gasteiger partial charge in [-0.05, 0) is 19.1 Å². The number of rotatable bonds is 3. The number of fused-ring (bicyclic) bond motifs is 1. The summed E-state index contributed by atoms with van der Waals surface area (Å²) in [6, 6.07) is 6.99. The first-order valence-corrected chi connectivity index (χ1v) is 5.19. The molecule has 1 heterocycles. The van der Waals surface area contributed by atoms with Crippen LogP contribution < -0.4 is 20.5 Å². The number of nitriles is 1. The van der Waals surface area contributed by atoms with E-state index in [1.807, 2.05) is 0 Å². The summed E-state index contributed by atoms with van der Waals surface area (Å²) in [5.74, 6) is 0.520. The van der Waals surface area contributed by atoms with Gasteiger partial charge in [0.1, 0.15) is 11.6 Å². The van der Waals surface area contributed by atoms with E-state index in [-0.39, 0.29) is 12.4 Å². The van der Waals surface area contributed by atoms with Crippen LogP contribution in [0.4, 0.5) is 5.69 Å². The highest BCUT2D eigenvalue weighted by Gasteiger charge is 2.14. The van der Waals surface area contributed by atoms with Gasteiger partial charge in [-0.2, -0.15) is 5.26 Å². The molecule has 0 spiro atoms. The second-order valence-electron chi connectivity index (χ2n) is 3.67. The van der Waals surface area contributed by atoms with E-state index < -0.39 is 5.91 Å². The molecule has 2 rings (SSSR count). The van der Waals surface area contributed by atoms with Crippen LogP contribution in [0.3, 0.4) is 0 Å². The number of hydrogen-bond donors (Lipinski definition) is 2. The first kappa shape index (κ1) is 11.8. The third-order valence-electron chi connectivity index (χ3n) is 2.44. The lowest BCUT2D eigenvalue weighted by molar-refractivity contribution is -0.114. The fourth-order valence-corrected chi connectivity index (χ4v) is 1.58. The summed E-state index contributed by atoms with van der Waals surface area (Å²) in [5.41, 5.74) is 6.06. The molecule has 0 unspecified atom stereocenters. The second-order valence-corrected chi connectivity index (χ2v) is 3.67. The molecule has 18 heavy (non-hydrogen) atoms. The third-order valence-corrected chi connectivity index (χ3v) is 2.44. The zero-order valence-corrected chi connectivity index (χ0v) is 9.69. The average Bonchev–Trinajstić information content (AvgIpc) is 2.76. The Bertz CT molecular complexity index is 572. The Morgan fingerprint density at radius 1 is 1.44 bits per heavy atom. The number of nitrogens with one attached hydrogen (secondary N) is 1. The van der Waals surface area contributed by atoms with Gasteiger partial charge in [0.05, 0.1) is 0 Å². The van der Waals surface area contributed by atoms with Gasteiger partial charge in [0.2, 0.25) is 6.79 Å². The van der Waals surface area contributed by atoms with Crippen molar-refractivity contribution in [3.8, 4) is 17.6 Å². The Kier molecular flexibility index (Phi) is 3.06. The van der Waals surface area contributed by atoms with Crippen molar-refractivity contribution in [1.82, 2.24) is 0 Å². The molecule has 0 saturated carbocycles. The highest BCUT2D eigenvalue weighted by molar-refractivity contribution is 5.97. The van der Waals surface area contributed by atoms with Gasteiger partial charge in [-0.3, -0.25) is 4.79 Å². The third kappa shape index (κ3) is 2.20. The maximum atomic E-state index is 11.0. The summed E-state index contributed by atoms with van der Waals surface area (Å²) in [6.45, 7) is 1.80. The van der Waals surface area contributed by atoms with Gasteiger partial charge < -0.3 is 20.5 Å². The Morgan fingerprint density at radius 2 is 2.17 bits per heavy atom. The second kappa shape index (κ2) is 4.67. The van der Waals surface area contributed by atoms with Crippen LogP contribution in [0.1, 0.15) is 6.92 Å². The molecule has 1 aliphatic rings. The molecular formula is C12H11N3O3. The number of carbonyl (C=O) groups excluding carboxylic acids is 1. The van der Waals surface area contributed by atoms with Gasteiger partial charge in [0, 0.05) is 17.5 Å². The van der Waals surface area contributed by atoms with Crippen LogP contribution in [0.2, 0.25) is 0 Å². The molecule has 0 fully saturated rings. The number of hydrogen-bond acceptors (Lipinski definition) is 5. The van der Waals surface area contributed by atoms with Crippen molar-refractivity contribution in [3.05, 3.63) is 29.5 Å². The lowest BCUT2D eigenvalue weighted by Gasteiger charge is -2.08. The smallest absolute Gasteiger partial charge is 0.261 e. The summed E-state index contributed by atoms with van der Waals surface area (Å²) >= 11 is 0. The molecule has 92 valence electrons. The number of ether oxygens (including phenoxy) is 2. The highest BCUT2D eigenvalue weighted by Crippen LogP contribution is 2.34. The minimum absolute atomic E-state index is 0.104. The molecule has 3 N–H and O–H groups in total. The number of carbonyl (C=O) groups is 1. The predicted molar refractivity (Wildman–Crippen MR) is 63.7 cm³/mol. The molecule has 0 saturated heterocycles. The normalized spacial score (nSPS) is 13.6. The zero-order valence-electron chi connectivity index (χ0n) is 9.69. The molecular weight excluding hydrogens is 234 g/mol. The van der Waals surface area contributed by atoms with Crippen LogP contribution in [0.5, 0.6) is 11.5 Å². The minimum atomic E-state index is -0.761. The Labute approximate surface area is 104 Å². The van der Waals surface area contributed by atoms with Crippen molar-refractivity contribution in [3.63, 3.8) is 0 Å². The molecule has 0 aromatic heterocycles. The maximum Gasteiger partial charge on any atom is 0.261 e. The topological polar surface area (TPSA) is 97.4 Å². The number of nitrogens with two attached hydrogens (primary N) is 1. The summed E-state index contributed by atoms with van der Waals surface area (Å²) < 4.78 is 10.4. The molecule has 1 aromatic carbocycles.